The molecule has 3 aromatic rings. The summed E-state index contributed by atoms with van der Waals surface area (Å²) in [7, 11) is 4.68. The summed E-state index contributed by atoms with van der Waals surface area (Å²) >= 11 is 0. The van der Waals surface area contributed by atoms with Gasteiger partial charge in [-0.1, -0.05) is 6.07 Å². The molecular formula is C19H20N4O4. The molecule has 8 heteroatoms. The van der Waals surface area contributed by atoms with E-state index in [1.807, 2.05) is 12.1 Å². The zero-order chi connectivity index (χ0) is 19.2. The monoisotopic (exact) mass is 368 g/mol. The van der Waals surface area contributed by atoms with E-state index in [1.165, 1.54) is 0 Å². The van der Waals surface area contributed by atoms with Crippen molar-refractivity contribution in [3.63, 3.8) is 0 Å². The first-order valence-corrected chi connectivity index (χ1v) is 8.18. The number of carbonyl (C=O) groups is 1. The molecule has 0 saturated heterocycles. The van der Waals surface area contributed by atoms with Crippen molar-refractivity contribution in [2.75, 3.05) is 26.6 Å². The maximum Gasteiger partial charge on any atom is 0.228 e. The van der Waals surface area contributed by atoms with Crippen LogP contribution in [0.5, 0.6) is 17.2 Å². The van der Waals surface area contributed by atoms with E-state index in [2.05, 4.69) is 15.5 Å². The van der Waals surface area contributed by atoms with Gasteiger partial charge in [-0.2, -0.15) is 0 Å². The van der Waals surface area contributed by atoms with Crippen LogP contribution in [0.1, 0.15) is 5.56 Å². The molecule has 2 aromatic carbocycles. The van der Waals surface area contributed by atoms with E-state index < -0.39 is 0 Å². The molecule has 0 saturated carbocycles. The molecule has 1 N–H and O–H groups in total. The van der Waals surface area contributed by atoms with Gasteiger partial charge in [0.1, 0.15) is 18.4 Å². The first-order valence-electron chi connectivity index (χ1n) is 8.18. The molecule has 0 atom stereocenters. The minimum atomic E-state index is -0.179. The van der Waals surface area contributed by atoms with Gasteiger partial charge in [-0.05, 0) is 35.9 Å². The lowest BCUT2D eigenvalue weighted by molar-refractivity contribution is -0.115. The van der Waals surface area contributed by atoms with Crippen LogP contribution in [0.2, 0.25) is 0 Å². The summed E-state index contributed by atoms with van der Waals surface area (Å²) in [4.78, 5) is 12.5. The van der Waals surface area contributed by atoms with E-state index in [0.29, 0.717) is 22.9 Å². The van der Waals surface area contributed by atoms with Crippen molar-refractivity contribution in [2.45, 2.75) is 6.42 Å². The molecule has 8 nitrogen and oxygen atoms in total. The Morgan fingerprint density at radius 2 is 1.59 bits per heavy atom. The van der Waals surface area contributed by atoms with Crippen molar-refractivity contribution in [2.24, 2.45) is 0 Å². The molecule has 1 amide bonds. The van der Waals surface area contributed by atoms with Crippen LogP contribution >= 0.6 is 0 Å². The van der Waals surface area contributed by atoms with E-state index in [1.54, 1.807) is 62.8 Å². The Kier molecular flexibility index (Phi) is 5.55. The van der Waals surface area contributed by atoms with Crippen molar-refractivity contribution < 1.29 is 19.0 Å². The van der Waals surface area contributed by atoms with E-state index in [-0.39, 0.29) is 12.3 Å². The van der Waals surface area contributed by atoms with Gasteiger partial charge in [0.05, 0.1) is 39.1 Å². The standard InChI is InChI=1S/C19H20N4O4/c1-25-16-7-5-14(23-11-20-21-12-23)10-15(16)22-19(24)9-13-4-6-17(26-2)18(8-13)27-3/h4-8,10-12H,9H2,1-3H3,(H,22,24). The summed E-state index contributed by atoms with van der Waals surface area (Å²) in [6, 6.07) is 10.8. The lowest BCUT2D eigenvalue weighted by Gasteiger charge is -2.13. The van der Waals surface area contributed by atoms with Gasteiger partial charge in [0, 0.05) is 0 Å². The third-order valence-corrected chi connectivity index (χ3v) is 3.99. The molecule has 140 valence electrons. The van der Waals surface area contributed by atoms with Crippen LogP contribution in [-0.2, 0) is 11.2 Å². The molecule has 3 rings (SSSR count). The SMILES string of the molecule is COc1ccc(-n2cnnc2)cc1NC(=O)Cc1ccc(OC)c(OC)c1. The molecule has 0 radical (unpaired) electrons. The van der Waals surface area contributed by atoms with Crippen molar-refractivity contribution in [3.05, 3.63) is 54.6 Å². The van der Waals surface area contributed by atoms with Crippen molar-refractivity contribution >= 4 is 11.6 Å². The van der Waals surface area contributed by atoms with Gasteiger partial charge in [0.2, 0.25) is 5.91 Å². The molecule has 0 spiro atoms. The Balaban J connectivity index is 1.78. The van der Waals surface area contributed by atoms with Gasteiger partial charge in [-0.15, -0.1) is 10.2 Å². The predicted octanol–water partition coefficient (Wildman–Crippen LogP) is 2.47. The van der Waals surface area contributed by atoms with E-state index in [9.17, 15) is 4.79 Å². The predicted molar refractivity (Wildman–Crippen MR) is 99.8 cm³/mol. The first kappa shape index (κ1) is 18.2. The lowest BCUT2D eigenvalue weighted by Crippen LogP contribution is -2.15. The number of carbonyl (C=O) groups excluding carboxylic acids is 1. The molecule has 27 heavy (non-hydrogen) atoms. The fourth-order valence-corrected chi connectivity index (χ4v) is 2.66. The second kappa shape index (κ2) is 8.22. The third-order valence-electron chi connectivity index (χ3n) is 3.99. The largest absolute Gasteiger partial charge is 0.495 e. The van der Waals surface area contributed by atoms with E-state index in [0.717, 1.165) is 11.3 Å². The number of nitrogens with one attached hydrogen (secondary N) is 1. The fraction of sp³-hybridized carbons (Fsp3) is 0.211. The van der Waals surface area contributed by atoms with Gasteiger partial charge >= 0.3 is 0 Å². The van der Waals surface area contributed by atoms with Crippen LogP contribution in [0.15, 0.2) is 49.1 Å². The van der Waals surface area contributed by atoms with Crippen molar-refractivity contribution in [1.29, 1.82) is 0 Å². The number of rotatable bonds is 7. The summed E-state index contributed by atoms with van der Waals surface area (Å²) < 4.78 is 17.6. The summed E-state index contributed by atoms with van der Waals surface area (Å²) in [6.45, 7) is 0. The van der Waals surface area contributed by atoms with Crippen LogP contribution in [0.25, 0.3) is 5.69 Å². The number of methoxy groups -OCH3 is 3. The molecule has 1 aromatic heterocycles. The molecule has 0 unspecified atom stereocenters. The normalized spacial score (nSPS) is 10.3. The summed E-state index contributed by atoms with van der Waals surface area (Å²) in [6.07, 6.45) is 3.34. The number of benzene rings is 2. The highest BCUT2D eigenvalue weighted by Gasteiger charge is 2.12. The van der Waals surface area contributed by atoms with Gasteiger partial charge in [0.15, 0.2) is 11.5 Å². The Morgan fingerprint density at radius 1 is 0.926 bits per heavy atom. The maximum atomic E-state index is 12.5. The molecule has 0 bridgehead atoms. The lowest BCUT2D eigenvalue weighted by atomic mass is 10.1. The highest BCUT2D eigenvalue weighted by atomic mass is 16.5. The average molecular weight is 368 g/mol. The van der Waals surface area contributed by atoms with Crippen molar-refractivity contribution in [1.82, 2.24) is 14.8 Å². The van der Waals surface area contributed by atoms with Gasteiger partial charge in [0.25, 0.3) is 0 Å². The molecule has 0 aliphatic heterocycles. The van der Waals surface area contributed by atoms with Crippen molar-refractivity contribution in [3.8, 4) is 22.9 Å². The third kappa shape index (κ3) is 4.17. The van der Waals surface area contributed by atoms with Crippen LogP contribution in [0.3, 0.4) is 0 Å². The second-order valence-corrected chi connectivity index (χ2v) is 5.67. The Bertz CT molecular complexity index is 925. The zero-order valence-electron chi connectivity index (χ0n) is 15.3. The Morgan fingerprint density at radius 3 is 2.26 bits per heavy atom. The molecule has 0 aliphatic carbocycles. The van der Waals surface area contributed by atoms with Crippen LogP contribution < -0.4 is 19.5 Å². The average Bonchev–Trinajstić information content (AvgIpc) is 3.22. The zero-order valence-corrected chi connectivity index (χ0v) is 15.3. The van der Waals surface area contributed by atoms with Crippen LogP contribution in [0, 0.1) is 0 Å². The summed E-state index contributed by atoms with van der Waals surface area (Å²) in [5.74, 6) is 1.58. The smallest absolute Gasteiger partial charge is 0.228 e. The van der Waals surface area contributed by atoms with Gasteiger partial charge in [-0.25, -0.2) is 0 Å². The number of hydrogen-bond acceptors (Lipinski definition) is 6. The number of hydrogen-bond donors (Lipinski definition) is 1. The molecule has 1 heterocycles. The number of anilines is 1. The maximum absolute atomic E-state index is 12.5. The minimum Gasteiger partial charge on any atom is -0.495 e. The minimum absolute atomic E-state index is 0.179. The number of nitrogens with zero attached hydrogens (tertiary/aromatic N) is 3. The first-order chi connectivity index (χ1) is 13.1. The summed E-state index contributed by atoms with van der Waals surface area (Å²) in [5.41, 5.74) is 2.18. The van der Waals surface area contributed by atoms with Crippen LogP contribution in [-0.4, -0.2) is 42.0 Å². The fourth-order valence-electron chi connectivity index (χ4n) is 2.66. The van der Waals surface area contributed by atoms with Gasteiger partial charge in [-0.3, -0.25) is 9.36 Å². The quantitative estimate of drug-likeness (QED) is 0.689. The number of aromatic nitrogens is 3. The van der Waals surface area contributed by atoms with E-state index >= 15 is 0 Å². The highest BCUT2D eigenvalue weighted by Crippen LogP contribution is 2.29. The van der Waals surface area contributed by atoms with Gasteiger partial charge < -0.3 is 19.5 Å². The number of ether oxygens (including phenoxy) is 3. The molecule has 0 aliphatic rings. The molecular weight excluding hydrogens is 348 g/mol. The summed E-state index contributed by atoms with van der Waals surface area (Å²) in [5, 5.41) is 10.5. The second-order valence-electron chi connectivity index (χ2n) is 5.67. The van der Waals surface area contributed by atoms with Crippen LogP contribution in [0.4, 0.5) is 5.69 Å². The topological polar surface area (TPSA) is 87.5 Å². The number of amides is 1. The Hall–Kier alpha value is -3.55. The highest BCUT2D eigenvalue weighted by molar-refractivity contribution is 5.94. The molecule has 0 fully saturated rings. The van der Waals surface area contributed by atoms with E-state index in [4.69, 9.17) is 14.2 Å². The Labute approximate surface area is 156 Å².